The number of benzene rings is 1. The van der Waals surface area contributed by atoms with Gasteiger partial charge in [-0.05, 0) is 24.6 Å². The van der Waals surface area contributed by atoms with Crippen LogP contribution in [0, 0.1) is 5.82 Å². The minimum atomic E-state index is -0.433. The van der Waals surface area contributed by atoms with E-state index in [0.717, 1.165) is 17.8 Å². The molecule has 1 aromatic heterocycles. The van der Waals surface area contributed by atoms with Gasteiger partial charge in [0.15, 0.2) is 17.5 Å². The van der Waals surface area contributed by atoms with Crippen LogP contribution in [0.3, 0.4) is 0 Å². The third-order valence-corrected chi connectivity index (χ3v) is 4.56. The van der Waals surface area contributed by atoms with Crippen molar-refractivity contribution in [2.75, 3.05) is 34.3 Å². The minimum Gasteiger partial charge on any atom is -0.494 e. The number of aryl methyl sites for hydroxylation is 1. The molecule has 0 aliphatic heterocycles. The van der Waals surface area contributed by atoms with Crippen LogP contribution in [0.2, 0.25) is 0 Å². The second kappa shape index (κ2) is 13.1. The summed E-state index contributed by atoms with van der Waals surface area (Å²) < 4.78 is 21.0. The molecule has 0 saturated heterocycles. The molecule has 1 unspecified atom stereocenters. The van der Waals surface area contributed by atoms with Gasteiger partial charge in [0.25, 0.3) is 0 Å². The van der Waals surface area contributed by atoms with Gasteiger partial charge < -0.3 is 24.8 Å². The van der Waals surface area contributed by atoms with Crippen LogP contribution < -0.4 is 15.4 Å². The molecule has 0 saturated carbocycles. The normalized spacial score (nSPS) is 12.0. The van der Waals surface area contributed by atoms with E-state index in [1.54, 1.807) is 32.6 Å². The summed E-state index contributed by atoms with van der Waals surface area (Å²) >= 11 is 0. The van der Waals surface area contributed by atoms with Crippen molar-refractivity contribution in [3.8, 4) is 5.75 Å². The smallest absolute Gasteiger partial charge is 0.243 e. The number of rotatable bonds is 9. The predicted molar refractivity (Wildman–Crippen MR) is 128 cm³/mol. The van der Waals surface area contributed by atoms with Gasteiger partial charge in [-0.3, -0.25) is 4.79 Å². The van der Waals surface area contributed by atoms with Gasteiger partial charge in [0.05, 0.1) is 13.2 Å². The van der Waals surface area contributed by atoms with Crippen molar-refractivity contribution in [1.29, 1.82) is 0 Å². The molecule has 1 aromatic carbocycles. The number of hydrogen-bond acceptors (Lipinski definition) is 5. The average molecular weight is 547 g/mol. The number of amides is 1. The first-order valence-electron chi connectivity index (χ1n) is 9.80. The summed E-state index contributed by atoms with van der Waals surface area (Å²) in [7, 11) is 4.79. The zero-order valence-electron chi connectivity index (χ0n) is 18.6. The Balaban J connectivity index is 0.00000480. The molecule has 2 rings (SSSR count). The first-order chi connectivity index (χ1) is 14.3. The van der Waals surface area contributed by atoms with Crippen LogP contribution in [0.15, 0.2) is 29.5 Å². The van der Waals surface area contributed by atoms with Crippen LogP contribution in [-0.4, -0.2) is 65.8 Å². The molecular weight excluding hydrogens is 516 g/mol. The molecule has 0 spiro atoms. The zero-order valence-corrected chi connectivity index (χ0v) is 20.9. The molecule has 0 bridgehead atoms. The largest absolute Gasteiger partial charge is 0.494 e. The van der Waals surface area contributed by atoms with Crippen molar-refractivity contribution in [3.63, 3.8) is 0 Å². The molecule has 1 atom stereocenters. The lowest BCUT2D eigenvalue weighted by molar-refractivity contribution is -0.127. The summed E-state index contributed by atoms with van der Waals surface area (Å²) in [6.45, 7) is 5.10. The maximum absolute atomic E-state index is 14.1. The topological polar surface area (TPSA) is 96.7 Å². The fourth-order valence-corrected chi connectivity index (χ4v) is 2.72. The maximum Gasteiger partial charge on any atom is 0.243 e. The van der Waals surface area contributed by atoms with E-state index >= 15 is 0 Å². The number of halogens is 2. The quantitative estimate of drug-likeness (QED) is 0.283. The molecule has 0 aliphatic carbocycles. The summed E-state index contributed by atoms with van der Waals surface area (Å²) in [6.07, 6.45) is 2.47. The highest BCUT2D eigenvalue weighted by Crippen LogP contribution is 2.21. The Morgan fingerprint density at radius 1 is 1.39 bits per heavy atom. The van der Waals surface area contributed by atoms with Gasteiger partial charge in [-0.15, -0.1) is 34.2 Å². The van der Waals surface area contributed by atoms with Crippen molar-refractivity contribution in [1.82, 2.24) is 30.3 Å². The molecule has 172 valence electrons. The Bertz CT molecular complexity index is 873. The van der Waals surface area contributed by atoms with Crippen LogP contribution in [-0.2, 0) is 17.8 Å². The van der Waals surface area contributed by atoms with E-state index in [1.165, 1.54) is 18.1 Å². The average Bonchev–Trinajstić information content (AvgIpc) is 3.18. The second-order valence-corrected chi connectivity index (χ2v) is 6.93. The summed E-state index contributed by atoms with van der Waals surface area (Å²) in [6, 6.07) is 4.55. The molecule has 0 aliphatic rings. The van der Waals surface area contributed by atoms with Crippen LogP contribution in [0.25, 0.3) is 0 Å². The van der Waals surface area contributed by atoms with Gasteiger partial charge in [-0.25, -0.2) is 9.38 Å². The van der Waals surface area contributed by atoms with E-state index in [2.05, 4.69) is 25.8 Å². The number of ether oxygens (including phenoxy) is 1. The number of carbonyl (C=O) groups excluding carboxylic acids is 1. The maximum atomic E-state index is 14.1. The lowest BCUT2D eigenvalue weighted by atomic mass is 10.1. The van der Waals surface area contributed by atoms with Crippen LogP contribution in [0.5, 0.6) is 5.75 Å². The highest BCUT2D eigenvalue weighted by atomic mass is 127. The summed E-state index contributed by atoms with van der Waals surface area (Å²) in [5.41, 5.74) is 0.730. The summed E-state index contributed by atoms with van der Waals surface area (Å²) in [5.74, 6) is 0.993. The Kier molecular flexibility index (Phi) is 11.2. The first kappa shape index (κ1) is 26.6. The number of methoxy groups -OCH3 is 1. The van der Waals surface area contributed by atoms with E-state index in [0.29, 0.717) is 19.0 Å². The molecule has 9 nitrogen and oxygen atoms in total. The second-order valence-electron chi connectivity index (χ2n) is 6.93. The van der Waals surface area contributed by atoms with Crippen molar-refractivity contribution in [3.05, 3.63) is 41.7 Å². The molecule has 31 heavy (non-hydrogen) atoms. The molecule has 1 heterocycles. The summed E-state index contributed by atoms with van der Waals surface area (Å²) in [4.78, 5) is 17.8. The molecule has 2 N–H and O–H groups in total. The highest BCUT2D eigenvalue weighted by molar-refractivity contribution is 14.0. The third kappa shape index (κ3) is 7.96. The predicted octanol–water partition coefficient (Wildman–Crippen LogP) is 1.99. The van der Waals surface area contributed by atoms with Crippen LogP contribution in [0.1, 0.15) is 31.3 Å². The van der Waals surface area contributed by atoms with E-state index in [9.17, 15) is 9.18 Å². The van der Waals surface area contributed by atoms with E-state index in [-0.39, 0.29) is 48.2 Å². The Labute approximate surface area is 199 Å². The van der Waals surface area contributed by atoms with E-state index < -0.39 is 5.82 Å². The number of aliphatic imine (C=N–C) groups is 1. The van der Waals surface area contributed by atoms with Gasteiger partial charge in [-0.2, -0.15) is 0 Å². The summed E-state index contributed by atoms with van der Waals surface area (Å²) in [5, 5.41) is 14.4. The van der Waals surface area contributed by atoms with Crippen molar-refractivity contribution in [2.45, 2.75) is 32.9 Å². The number of guanidine groups is 1. The number of nitrogens with one attached hydrogen (secondary N) is 2. The van der Waals surface area contributed by atoms with Crippen LogP contribution in [0.4, 0.5) is 4.39 Å². The van der Waals surface area contributed by atoms with Crippen molar-refractivity contribution < 1.29 is 13.9 Å². The van der Waals surface area contributed by atoms with Gasteiger partial charge in [-0.1, -0.05) is 13.0 Å². The third-order valence-electron chi connectivity index (χ3n) is 4.56. The van der Waals surface area contributed by atoms with Gasteiger partial charge >= 0.3 is 0 Å². The number of hydrogen-bond donors (Lipinski definition) is 2. The van der Waals surface area contributed by atoms with E-state index in [4.69, 9.17) is 4.74 Å². The molecule has 0 fully saturated rings. The fourth-order valence-electron chi connectivity index (χ4n) is 2.72. The molecule has 1 amide bonds. The number of carbonyl (C=O) groups is 1. The lowest BCUT2D eigenvalue weighted by Gasteiger charge is -2.20. The number of likely N-dealkylation sites (N-methyl/N-ethyl adjacent to an activating group) is 1. The van der Waals surface area contributed by atoms with Crippen LogP contribution >= 0.6 is 24.0 Å². The highest BCUT2D eigenvalue weighted by Gasteiger charge is 2.12. The van der Waals surface area contributed by atoms with Crippen molar-refractivity contribution in [2.24, 2.45) is 4.99 Å². The Hall–Kier alpha value is -2.44. The minimum absolute atomic E-state index is 0. The fraction of sp³-hybridized carbons (Fsp3) is 0.500. The Morgan fingerprint density at radius 2 is 2.13 bits per heavy atom. The molecular formula is C20H31FIN7O2. The SMILES string of the molecule is CCc1nncn1CCNC(=NCC(=O)N(C)C)NC(C)c1ccc(OC)c(F)c1.I. The van der Waals surface area contributed by atoms with Gasteiger partial charge in [0, 0.05) is 33.6 Å². The molecule has 2 aromatic rings. The Morgan fingerprint density at radius 3 is 2.74 bits per heavy atom. The van der Waals surface area contributed by atoms with E-state index in [1.807, 2.05) is 18.4 Å². The molecule has 11 heteroatoms. The lowest BCUT2D eigenvalue weighted by Crippen LogP contribution is -2.41. The number of nitrogens with zero attached hydrogens (tertiary/aromatic N) is 5. The van der Waals surface area contributed by atoms with Gasteiger partial charge in [0.2, 0.25) is 5.91 Å². The monoisotopic (exact) mass is 547 g/mol. The number of aromatic nitrogens is 3. The molecule has 0 radical (unpaired) electrons. The standard InChI is InChI=1S/C20H30FN7O2.HI/c1-6-18-26-24-13-28(18)10-9-22-20(23-12-19(29)27(3)4)25-14(2)15-7-8-17(30-5)16(21)11-15;/h7-8,11,13-14H,6,9-10,12H2,1-5H3,(H2,22,23,25);1H. The van der Waals surface area contributed by atoms with Crippen molar-refractivity contribution >= 4 is 35.8 Å². The zero-order chi connectivity index (χ0) is 22.1. The first-order valence-corrected chi connectivity index (χ1v) is 9.80. The van der Waals surface area contributed by atoms with Gasteiger partial charge in [0.1, 0.15) is 18.7 Å².